The average molecular weight is 186 g/mol. The second kappa shape index (κ2) is 4.98. The summed E-state index contributed by atoms with van der Waals surface area (Å²) in [4.78, 5) is 4.07. The number of alkyl halides is 1. The Morgan fingerprint density at radius 1 is 1.58 bits per heavy atom. The molecule has 66 valence electrons. The maximum absolute atomic E-state index is 11.7. The Morgan fingerprint density at radius 2 is 2.42 bits per heavy atom. The molecule has 2 N–H and O–H groups in total. The molecule has 1 heterocycles. The van der Waals surface area contributed by atoms with E-state index in [4.69, 9.17) is 5.73 Å². The van der Waals surface area contributed by atoms with E-state index in [0.717, 1.165) is 10.8 Å². The number of aromatic nitrogens is 1. The zero-order valence-corrected chi connectivity index (χ0v) is 7.48. The summed E-state index contributed by atoms with van der Waals surface area (Å²) in [5, 5.41) is 0.797. The highest BCUT2D eigenvalue weighted by molar-refractivity contribution is 7.99. The minimum atomic E-state index is -0.278. The highest BCUT2D eigenvalue weighted by atomic mass is 32.2. The van der Waals surface area contributed by atoms with E-state index in [1.54, 1.807) is 18.3 Å². The molecule has 0 aliphatic rings. The normalized spacial score (nSPS) is 10.1. The molecule has 0 fully saturated rings. The maximum Gasteiger partial charge on any atom is 0.119 e. The lowest BCUT2D eigenvalue weighted by Gasteiger charge is -2.01. The van der Waals surface area contributed by atoms with Crippen molar-refractivity contribution < 1.29 is 4.39 Å². The summed E-state index contributed by atoms with van der Waals surface area (Å²) in [6.07, 6.45) is 2.24. The molecule has 0 amide bonds. The van der Waals surface area contributed by atoms with E-state index in [9.17, 15) is 4.39 Å². The number of pyridine rings is 1. The Kier molecular flexibility index (Phi) is 3.87. The van der Waals surface area contributed by atoms with Gasteiger partial charge in [0.1, 0.15) is 5.03 Å². The van der Waals surface area contributed by atoms with Crippen LogP contribution >= 0.6 is 11.8 Å². The molecular formula is C8H11FN2S. The van der Waals surface area contributed by atoms with Gasteiger partial charge in [0.2, 0.25) is 0 Å². The first-order chi connectivity index (χ1) is 5.84. The number of nitrogens with zero attached hydrogens (tertiary/aromatic N) is 1. The van der Waals surface area contributed by atoms with Gasteiger partial charge in [0.15, 0.2) is 0 Å². The van der Waals surface area contributed by atoms with E-state index in [1.807, 2.05) is 0 Å². The van der Waals surface area contributed by atoms with Crippen LogP contribution in [0, 0.1) is 0 Å². The molecule has 4 heteroatoms. The quantitative estimate of drug-likeness (QED) is 0.578. The summed E-state index contributed by atoms with van der Waals surface area (Å²) in [6.45, 7) is -0.278. The van der Waals surface area contributed by atoms with Crippen molar-refractivity contribution in [3.05, 3.63) is 18.3 Å². The molecular weight excluding hydrogens is 175 g/mol. The molecule has 12 heavy (non-hydrogen) atoms. The predicted octanol–water partition coefficient (Wildman–Crippen LogP) is 2.12. The molecule has 0 aromatic carbocycles. The van der Waals surface area contributed by atoms with Gasteiger partial charge >= 0.3 is 0 Å². The number of anilines is 1. The number of nitrogens with two attached hydrogens (primary N) is 1. The Balaban J connectivity index is 2.46. The van der Waals surface area contributed by atoms with Crippen molar-refractivity contribution in [1.29, 1.82) is 0 Å². The van der Waals surface area contributed by atoms with Crippen LogP contribution in [0.3, 0.4) is 0 Å². The van der Waals surface area contributed by atoms with E-state index < -0.39 is 0 Å². The minimum Gasteiger partial charge on any atom is -0.397 e. The summed E-state index contributed by atoms with van der Waals surface area (Å²) < 4.78 is 11.7. The molecule has 0 unspecified atom stereocenters. The van der Waals surface area contributed by atoms with Crippen LogP contribution in [0.5, 0.6) is 0 Å². The van der Waals surface area contributed by atoms with E-state index in [1.165, 1.54) is 11.8 Å². The highest BCUT2D eigenvalue weighted by Gasteiger charge is 1.98. The molecule has 2 nitrogen and oxygen atoms in total. The number of halogens is 1. The first kappa shape index (κ1) is 9.32. The molecule has 1 aromatic heterocycles. The Bertz CT molecular complexity index is 242. The van der Waals surface area contributed by atoms with E-state index in [0.29, 0.717) is 12.1 Å². The summed E-state index contributed by atoms with van der Waals surface area (Å²) in [7, 11) is 0. The van der Waals surface area contributed by atoms with Crippen LogP contribution in [0.1, 0.15) is 6.42 Å². The van der Waals surface area contributed by atoms with Crippen molar-refractivity contribution in [2.45, 2.75) is 11.4 Å². The number of nitrogen functional groups attached to an aromatic ring is 1. The van der Waals surface area contributed by atoms with Crippen LogP contribution in [0.4, 0.5) is 10.1 Å². The van der Waals surface area contributed by atoms with Gasteiger partial charge in [0, 0.05) is 11.9 Å². The van der Waals surface area contributed by atoms with E-state index >= 15 is 0 Å². The van der Waals surface area contributed by atoms with Crippen molar-refractivity contribution in [2.75, 3.05) is 18.2 Å². The van der Waals surface area contributed by atoms with E-state index in [-0.39, 0.29) is 6.67 Å². The van der Waals surface area contributed by atoms with Gasteiger partial charge in [-0.15, -0.1) is 11.8 Å². The summed E-state index contributed by atoms with van der Waals surface area (Å²) in [6, 6.07) is 3.58. The SMILES string of the molecule is Nc1cccnc1SCCCF. The van der Waals surface area contributed by atoms with Gasteiger partial charge in [0.25, 0.3) is 0 Å². The number of hydrogen-bond donors (Lipinski definition) is 1. The third-order valence-corrected chi connectivity index (χ3v) is 2.42. The van der Waals surface area contributed by atoms with Crippen LogP contribution in [-0.4, -0.2) is 17.4 Å². The van der Waals surface area contributed by atoms with E-state index in [2.05, 4.69) is 4.98 Å². The third kappa shape index (κ3) is 2.70. The third-order valence-electron chi connectivity index (χ3n) is 1.32. The molecule has 0 radical (unpaired) electrons. The summed E-state index contributed by atoms with van der Waals surface area (Å²) in [5.41, 5.74) is 6.29. The molecule has 0 aliphatic heterocycles. The lowest BCUT2D eigenvalue weighted by Crippen LogP contribution is -1.91. The van der Waals surface area contributed by atoms with Gasteiger partial charge in [-0.2, -0.15) is 0 Å². The zero-order chi connectivity index (χ0) is 8.81. The van der Waals surface area contributed by atoms with Gasteiger partial charge in [-0.3, -0.25) is 4.39 Å². The van der Waals surface area contributed by atoms with Gasteiger partial charge in [-0.1, -0.05) is 0 Å². The molecule has 1 rings (SSSR count). The lowest BCUT2D eigenvalue weighted by atomic mass is 10.4. The summed E-state index contributed by atoms with van der Waals surface area (Å²) in [5.74, 6) is 0.734. The second-order valence-electron chi connectivity index (χ2n) is 2.29. The standard InChI is InChI=1S/C8H11FN2S/c9-4-2-6-12-8-7(10)3-1-5-11-8/h1,3,5H,2,4,6,10H2. The fourth-order valence-corrected chi connectivity index (χ4v) is 1.56. The monoisotopic (exact) mass is 186 g/mol. The zero-order valence-electron chi connectivity index (χ0n) is 6.66. The smallest absolute Gasteiger partial charge is 0.119 e. The Hall–Kier alpha value is -0.770. The molecule has 1 aromatic rings. The lowest BCUT2D eigenvalue weighted by molar-refractivity contribution is 0.489. The fourth-order valence-electron chi connectivity index (χ4n) is 0.747. The van der Waals surface area contributed by atoms with Crippen molar-refractivity contribution in [3.63, 3.8) is 0 Å². The molecule has 0 aliphatic carbocycles. The minimum absolute atomic E-state index is 0.278. The Morgan fingerprint density at radius 3 is 3.08 bits per heavy atom. The first-order valence-electron chi connectivity index (χ1n) is 3.74. The van der Waals surface area contributed by atoms with Gasteiger partial charge in [0.05, 0.1) is 12.4 Å². The molecule has 0 bridgehead atoms. The van der Waals surface area contributed by atoms with Crippen molar-refractivity contribution in [2.24, 2.45) is 0 Å². The molecule has 0 saturated carbocycles. The largest absolute Gasteiger partial charge is 0.397 e. The van der Waals surface area contributed by atoms with Crippen LogP contribution in [0.2, 0.25) is 0 Å². The van der Waals surface area contributed by atoms with Crippen molar-refractivity contribution in [3.8, 4) is 0 Å². The summed E-state index contributed by atoms with van der Waals surface area (Å²) >= 11 is 1.50. The number of thioether (sulfide) groups is 1. The highest BCUT2D eigenvalue weighted by Crippen LogP contribution is 2.21. The van der Waals surface area contributed by atoms with Crippen LogP contribution in [0.25, 0.3) is 0 Å². The van der Waals surface area contributed by atoms with Crippen LogP contribution in [0.15, 0.2) is 23.4 Å². The Labute approximate surface area is 75.4 Å². The second-order valence-corrected chi connectivity index (χ2v) is 3.37. The van der Waals surface area contributed by atoms with Crippen molar-refractivity contribution in [1.82, 2.24) is 4.98 Å². The van der Waals surface area contributed by atoms with Crippen molar-refractivity contribution >= 4 is 17.4 Å². The first-order valence-corrected chi connectivity index (χ1v) is 4.72. The molecule has 0 saturated heterocycles. The van der Waals surface area contributed by atoms with Crippen LogP contribution in [-0.2, 0) is 0 Å². The maximum atomic E-state index is 11.7. The van der Waals surface area contributed by atoms with Gasteiger partial charge < -0.3 is 5.73 Å². The number of hydrogen-bond acceptors (Lipinski definition) is 3. The average Bonchev–Trinajstić information content (AvgIpc) is 2.09. The number of rotatable bonds is 4. The topological polar surface area (TPSA) is 38.9 Å². The van der Waals surface area contributed by atoms with Gasteiger partial charge in [-0.25, -0.2) is 4.98 Å². The molecule has 0 spiro atoms. The van der Waals surface area contributed by atoms with Gasteiger partial charge in [-0.05, 0) is 18.6 Å². The fraction of sp³-hybridized carbons (Fsp3) is 0.375. The van der Waals surface area contributed by atoms with Crippen LogP contribution < -0.4 is 5.73 Å². The molecule has 0 atom stereocenters. The predicted molar refractivity (Wildman–Crippen MR) is 50.0 cm³/mol.